The fourth-order valence-corrected chi connectivity index (χ4v) is 2.58. The topological polar surface area (TPSA) is 29.1 Å². The van der Waals surface area contributed by atoms with E-state index in [2.05, 4.69) is 37.4 Å². The molecule has 0 radical (unpaired) electrons. The van der Waals surface area contributed by atoms with Gasteiger partial charge < -0.3 is 5.32 Å². The first kappa shape index (κ1) is 16.6. The average Bonchev–Trinajstić information content (AvgIpc) is 2.54. The van der Waals surface area contributed by atoms with E-state index in [0.29, 0.717) is 18.0 Å². The molecule has 2 nitrogen and oxygen atoms in total. The van der Waals surface area contributed by atoms with E-state index in [0.717, 1.165) is 18.4 Å². The van der Waals surface area contributed by atoms with Crippen molar-refractivity contribution in [3.63, 3.8) is 0 Å². The van der Waals surface area contributed by atoms with E-state index >= 15 is 0 Å². The van der Waals surface area contributed by atoms with Gasteiger partial charge in [-0.3, -0.25) is 4.79 Å². The minimum absolute atomic E-state index is 0.0336. The molecule has 1 amide bonds. The van der Waals surface area contributed by atoms with E-state index in [1.54, 1.807) is 0 Å². The highest BCUT2D eigenvalue weighted by atomic mass is 35.5. The number of hydrogen-bond donors (Lipinski definition) is 1. The number of aryl methyl sites for hydroxylation is 2. The SMILES string of the molecule is CCc1ccc(CC)c(CNC(=O)Cc2ccc(Cl)cc2)c1. The van der Waals surface area contributed by atoms with Crippen LogP contribution in [0.3, 0.4) is 0 Å². The molecule has 2 aromatic rings. The summed E-state index contributed by atoms with van der Waals surface area (Å²) in [7, 11) is 0. The van der Waals surface area contributed by atoms with E-state index in [1.807, 2.05) is 24.3 Å². The molecule has 2 aromatic carbocycles. The highest BCUT2D eigenvalue weighted by Gasteiger charge is 2.06. The largest absolute Gasteiger partial charge is 0.352 e. The molecule has 22 heavy (non-hydrogen) atoms. The summed E-state index contributed by atoms with van der Waals surface area (Å²) in [5.74, 6) is 0.0336. The molecule has 0 saturated carbocycles. The first-order chi connectivity index (χ1) is 10.6. The number of rotatable bonds is 6. The van der Waals surface area contributed by atoms with Crippen LogP contribution in [-0.4, -0.2) is 5.91 Å². The molecule has 116 valence electrons. The molecule has 0 heterocycles. The molecule has 0 aromatic heterocycles. The maximum Gasteiger partial charge on any atom is 0.224 e. The molecule has 0 aliphatic heterocycles. The van der Waals surface area contributed by atoms with Gasteiger partial charge in [-0.25, -0.2) is 0 Å². The molecular formula is C19H22ClNO. The second-order valence-electron chi connectivity index (χ2n) is 5.39. The van der Waals surface area contributed by atoms with Crippen LogP contribution < -0.4 is 5.32 Å². The predicted octanol–water partition coefficient (Wildman–Crippen LogP) is 4.32. The Morgan fingerprint density at radius 3 is 2.27 bits per heavy atom. The van der Waals surface area contributed by atoms with Crippen molar-refractivity contribution in [3.8, 4) is 0 Å². The number of hydrogen-bond acceptors (Lipinski definition) is 1. The summed E-state index contributed by atoms with van der Waals surface area (Å²) >= 11 is 5.85. The molecule has 0 atom stereocenters. The van der Waals surface area contributed by atoms with E-state index < -0.39 is 0 Å². The lowest BCUT2D eigenvalue weighted by atomic mass is 10.0. The normalized spacial score (nSPS) is 10.5. The van der Waals surface area contributed by atoms with Crippen molar-refractivity contribution in [3.05, 3.63) is 69.7 Å². The van der Waals surface area contributed by atoms with Crippen LogP contribution in [0.15, 0.2) is 42.5 Å². The van der Waals surface area contributed by atoms with Crippen molar-refractivity contribution in [1.82, 2.24) is 5.32 Å². The standard InChI is InChI=1S/C19H22ClNO/c1-3-14-5-8-16(4-2)17(11-14)13-21-19(22)12-15-6-9-18(20)10-7-15/h5-11H,3-4,12-13H2,1-2H3,(H,21,22). The number of amides is 1. The lowest BCUT2D eigenvalue weighted by Gasteiger charge is -2.11. The van der Waals surface area contributed by atoms with E-state index in [9.17, 15) is 4.79 Å². The second kappa shape index (κ2) is 8.00. The average molecular weight is 316 g/mol. The van der Waals surface area contributed by atoms with Crippen LogP contribution in [0, 0.1) is 0 Å². The van der Waals surface area contributed by atoms with Gasteiger partial charge in [0.2, 0.25) is 5.91 Å². The number of carbonyl (C=O) groups is 1. The summed E-state index contributed by atoms with van der Waals surface area (Å²) in [6.07, 6.45) is 2.37. The van der Waals surface area contributed by atoms with Crippen LogP contribution in [0.25, 0.3) is 0 Å². The van der Waals surface area contributed by atoms with E-state index in [4.69, 9.17) is 11.6 Å². The Kier molecular flexibility index (Phi) is 6.02. The van der Waals surface area contributed by atoms with Gasteiger partial charge in [0.05, 0.1) is 6.42 Å². The van der Waals surface area contributed by atoms with Gasteiger partial charge in [0.1, 0.15) is 0 Å². The third-order valence-electron chi connectivity index (χ3n) is 3.81. The molecule has 0 bridgehead atoms. The van der Waals surface area contributed by atoms with Crippen LogP contribution in [0.1, 0.15) is 36.1 Å². The van der Waals surface area contributed by atoms with Crippen molar-refractivity contribution >= 4 is 17.5 Å². The third kappa shape index (κ3) is 4.60. The highest BCUT2D eigenvalue weighted by Crippen LogP contribution is 2.14. The van der Waals surface area contributed by atoms with Gasteiger partial charge in [0, 0.05) is 11.6 Å². The Hall–Kier alpha value is -1.80. The molecule has 0 fully saturated rings. The summed E-state index contributed by atoms with van der Waals surface area (Å²) in [6.45, 7) is 4.87. The maximum absolute atomic E-state index is 12.1. The molecule has 0 unspecified atom stereocenters. The first-order valence-electron chi connectivity index (χ1n) is 7.74. The summed E-state index contributed by atoms with van der Waals surface area (Å²) in [4.78, 5) is 12.1. The highest BCUT2D eigenvalue weighted by molar-refractivity contribution is 6.30. The molecule has 0 aliphatic rings. The van der Waals surface area contributed by atoms with Crippen LogP contribution in [0.2, 0.25) is 5.02 Å². The molecule has 2 rings (SSSR count). The Labute approximate surface area is 137 Å². The van der Waals surface area contributed by atoms with Crippen molar-refractivity contribution < 1.29 is 4.79 Å². The number of benzene rings is 2. The van der Waals surface area contributed by atoms with Crippen LogP contribution in [0.5, 0.6) is 0 Å². The lowest BCUT2D eigenvalue weighted by Crippen LogP contribution is -2.25. The predicted molar refractivity (Wildman–Crippen MR) is 92.2 cm³/mol. The van der Waals surface area contributed by atoms with E-state index in [-0.39, 0.29) is 5.91 Å². The Morgan fingerprint density at radius 2 is 1.64 bits per heavy atom. The van der Waals surface area contributed by atoms with Gasteiger partial charge in [0.25, 0.3) is 0 Å². The Bertz CT molecular complexity index is 634. The monoisotopic (exact) mass is 315 g/mol. The molecule has 3 heteroatoms. The molecule has 0 aliphatic carbocycles. The fourth-order valence-electron chi connectivity index (χ4n) is 2.45. The van der Waals surface area contributed by atoms with Gasteiger partial charge >= 0.3 is 0 Å². The first-order valence-corrected chi connectivity index (χ1v) is 8.12. The maximum atomic E-state index is 12.1. The quantitative estimate of drug-likeness (QED) is 0.845. The number of nitrogens with one attached hydrogen (secondary N) is 1. The van der Waals surface area contributed by atoms with Gasteiger partial charge in [-0.1, -0.05) is 55.8 Å². The molecular weight excluding hydrogens is 294 g/mol. The summed E-state index contributed by atoms with van der Waals surface area (Å²) in [6, 6.07) is 13.9. The zero-order chi connectivity index (χ0) is 15.9. The third-order valence-corrected chi connectivity index (χ3v) is 4.07. The molecule has 1 N–H and O–H groups in total. The van der Waals surface area contributed by atoms with Crippen molar-refractivity contribution in [2.45, 2.75) is 39.7 Å². The fraction of sp³-hybridized carbons (Fsp3) is 0.316. The minimum atomic E-state index is 0.0336. The number of halogens is 1. The molecule has 0 saturated heterocycles. The van der Waals surface area contributed by atoms with Crippen molar-refractivity contribution in [1.29, 1.82) is 0 Å². The van der Waals surface area contributed by atoms with Gasteiger partial charge in [0.15, 0.2) is 0 Å². The van der Waals surface area contributed by atoms with Crippen LogP contribution >= 0.6 is 11.6 Å². The van der Waals surface area contributed by atoms with Crippen molar-refractivity contribution in [2.75, 3.05) is 0 Å². The zero-order valence-electron chi connectivity index (χ0n) is 13.2. The summed E-state index contributed by atoms with van der Waals surface area (Å²) in [5, 5.41) is 3.70. The summed E-state index contributed by atoms with van der Waals surface area (Å²) < 4.78 is 0. The Balaban J connectivity index is 1.97. The van der Waals surface area contributed by atoms with Gasteiger partial charge in [-0.05, 0) is 47.2 Å². The second-order valence-corrected chi connectivity index (χ2v) is 5.83. The number of carbonyl (C=O) groups excluding carboxylic acids is 1. The van der Waals surface area contributed by atoms with E-state index in [1.165, 1.54) is 16.7 Å². The van der Waals surface area contributed by atoms with Crippen molar-refractivity contribution in [2.24, 2.45) is 0 Å². The van der Waals surface area contributed by atoms with Gasteiger partial charge in [-0.2, -0.15) is 0 Å². The van der Waals surface area contributed by atoms with Crippen LogP contribution in [-0.2, 0) is 30.6 Å². The smallest absolute Gasteiger partial charge is 0.224 e. The zero-order valence-corrected chi connectivity index (χ0v) is 13.9. The van der Waals surface area contributed by atoms with Crippen LogP contribution in [0.4, 0.5) is 0 Å². The van der Waals surface area contributed by atoms with Gasteiger partial charge in [-0.15, -0.1) is 0 Å². The lowest BCUT2D eigenvalue weighted by molar-refractivity contribution is -0.120. The minimum Gasteiger partial charge on any atom is -0.352 e. The molecule has 0 spiro atoms. The summed E-state index contributed by atoms with van der Waals surface area (Å²) in [5.41, 5.74) is 4.79. The Morgan fingerprint density at radius 1 is 0.955 bits per heavy atom.